The van der Waals surface area contributed by atoms with Crippen molar-refractivity contribution in [1.29, 1.82) is 0 Å². The first-order valence-electron chi connectivity index (χ1n) is 39.7. The van der Waals surface area contributed by atoms with Crippen LogP contribution < -0.4 is 5.32 Å². The molecule has 0 aromatic heterocycles. The van der Waals surface area contributed by atoms with Gasteiger partial charge in [-0.05, 0) is 51.4 Å². The van der Waals surface area contributed by atoms with Crippen LogP contribution in [0, 0.1) is 0 Å². The van der Waals surface area contributed by atoms with Crippen molar-refractivity contribution in [3.05, 3.63) is 24.3 Å². The SMILES string of the molecule is CCCCCCCCCCCCCCCCCCCCCCCCC/C=C/CC/C=C/CCCC(O)C(O)C(CO)NC(=O)C(O)CCCCCCCCCCCCCCCCCCCCCCCCCCCCCCCCCCCCCCCC. The largest absolute Gasteiger partial charge is 0.394 e. The molecule has 0 aromatic carbocycles. The molecule has 0 aliphatic carbocycles. The molecule has 0 aliphatic rings. The molecule has 0 radical (unpaired) electrons. The average Bonchev–Trinajstić information content (AvgIpc) is 3.72. The molecule has 0 rings (SSSR count). The summed E-state index contributed by atoms with van der Waals surface area (Å²) in [4.78, 5) is 12.7. The van der Waals surface area contributed by atoms with E-state index >= 15 is 0 Å². The first-order valence-corrected chi connectivity index (χ1v) is 39.7. The summed E-state index contributed by atoms with van der Waals surface area (Å²) in [5, 5.41) is 44.3. The summed E-state index contributed by atoms with van der Waals surface area (Å²) in [6, 6.07) is -1.01. The van der Waals surface area contributed by atoms with Gasteiger partial charge in [0.25, 0.3) is 0 Å². The van der Waals surface area contributed by atoms with E-state index in [-0.39, 0.29) is 0 Å². The van der Waals surface area contributed by atoms with Gasteiger partial charge < -0.3 is 25.7 Å². The zero-order valence-corrected chi connectivity index (χ0v) is 58.6. The second kappa shape index (κ2) is 74.5. The van der Waals surface area contributed by atoms with Gasteiger partial charge in [0.15, 0.2) is 0 Å². The first-order chi connectivity index (χ1) is 42.5. The van der Waals surface area contributed by atoms with Gasteiger partial charge in [0.2, 0.25) is 5.91 Å². The first kappa shape index (κ1) is 84.8. The maximum atomic E-state index is 12.7. The Labute approximate surface area is 539 Å². The van der Waals surface area contributed by atoms with Crippen molar-refractivity contribution in [3.63, 3.8) is 0 Å². The lowest BCUT2D eigenvalue weighted by atomic mass is 10.00. The Kier molecular flexibility index (Phi) is 73.5. The van der Waals surface area contributed by atoms with Gasteiger partial charge in [-0.1, -0.05) is 423 Å². The highest BCUT2D eigenvalue weighted by Crippen LogP contribution is 2.21. The summed E-state index contributed by atoms with van der Waals surface area (Å²) >= 11 is 0. The monoisotopic (exact) mass is 1210 g/mol. The molecule has 0 saturated carbocycles. The Morgan fingerprint density at radius 1 is 0.279 bits per heavy atom. The van der Waals surface area contributed by atoms with Gasteiger partial charge in [0, 0.05) is 0 Å². The van der Waals surface area contributed by atoms with E-state index in [1.54, 1.807) is 0 Å². The lowest BCUT2D eigenvalue weighted by Crippen LogP contribution is -2.53. The fourth-order valence-electron chi connectivity index (χ4n) is 13.0. The maximum Gasteiger partial charge on any atom is 0.249 e. The molecule has 4 unspecified atom stereocenters. The number of carbonyl (C=O) groups is 1. The van der Waals surface area contributed by atoms with E-state index in [4.69, 9.17) is 0 Å². The Bertz CT molecular complexity index is 1320. The van der Waals surface area contributed by atoms with Crippen molar-refractivity contribution in [2.45, 2.75) is 475 Å². The van der Waals surface area contributed by atoms with Crippen molar-refractivity contribution in [2.75, 3.05) is 6.61 Å². The molecule has 512 valence electrons. The van der Waals surface area contributed by atoms with E-state index in [1.165, 1.54) is 379 Å². The summed E-state index contributed by atoms with van der Waals surface area (Å²) in [7, 11) is 0. The second-order valence-corrected chi connectivity index (χ2v) is 27.8. The summed E-state index contributed by atoms with van der Waals surface area (Å²) in [5.74, 6) is -0.588. The molecule has 6 nitrogen and oxygen atoms in total. The zero-order chi connectivity index (χ0) is 62.2. The molecule has 0 aliphatic heterocycles. The number of allylic oxidation sites excluding steroid dienone is 4. The number of nitrogens with one attached hydrogen (secondary N) is 1. The third-order valence-corrected chi connectivity index (χ3v) is 19.1. The Hall–Kier alpha value is -1.21. The molecular formula is C80H157NO5. The van der Waals surface area contributed by atoms with Crippen LogP contribution in [0.4, 0.5) is 0 Å². The third-order valence-electron chi connectivity index (χ3n) is 19.1. The molecule has 86 heavy (non-hydrogen) atoms. The van der Waals surface area contributed by atoms with E-state index in [1.807, 2.05) is 0 Å². The highest BCUT2D eigenvalue weighted by atomic mass is 16.3. The molecule has 0 fully saturated rings. The minimum Gasteiger partial charge on any atom is -0.394 e. The van der Waals surface area contributed by atoms with Crippen LogP contribution in [0.15, 0.2) is 24.3 Å². The number of rotatable bonds is 75. The molecule has 0 heterocycles. The van der Waals surface area contributed by atoms with Crippen LogP contribution in [-0.4, -0.2) is 57.3 Å². The Balaban J connectivity index is 3.52. The zero-order valence-electron chi connectivity index (χ0n) is 58.6. The van der Waals surface area contributed by atoms with Crippen LogP contribution in [0.2, 0.25) is 0 Å². The van der Waals surface area contributed by atoms with E-state index in [9.17, 15) is 25.2 Å². The van der Waals surface area contributed by atoms with E-state index in [2.05, 4.69) is 43.5 Å². The predicted octanol–water partition coefficient (Wildman–Crippen LogP) is 25.2. The lowest BCUT2D eigenvalue weighted by molar-refractivity contribution is -0.132. The third kappa shape index (κ3) is 67.2. The van der Waals surface area contributed by atoms with Crippen molar-refractivity contribution < 1.29 is 25.2 Å². The van der Waals surface area contributed by atoms with Gasteiger partial charge in [-0.25, -0.2) is 0 Å². The minimum atomic E-state index is -1.29. The molecule has 0 bridgehead atoms. The van der Waals surface area contributed by atoms with E-state index < -0.39 is 36.9 Å². The van der Waals surface area contributed by atoms with Crippen LogP contribution in [0.5, 0.6) is 0 Å². The van der Waals surface area contributed by atoms with E-state index in [0.29, 0.717) is 19.3 Å². The molecule has 0 aromatic rings. The molecule has 1 amide bonds. The fraction of sp³-hybridized carbons (Fsp3) is 0.938. The Morgan fingerprint density at radius 2 is 0.488 bits per heavy atom. The molecule has 6 heteroatoms. The summed E-state index contributed by atoms with van der Waals surface area (Å²) in [5.41, 5.74) is 0. The smallest absolute Gasteiger partial charge is 0.249 e. The van der Waals surface area contributed by atoms with Gasteiger partial charge in [0.05, 0.1) is 18.8 Å². The summed E-state index contributed by atoms with van der Waals surface area (Å²) in [6.45, 7) is 4.11. The van der Waals surface area contributed by atoms with Gasteiger partial charge in [-0.2, -0.15) is 0 Å². The summed E-state index contributed by atoms with van der Waals surface area (Å²) < 4.78 is 0. The number of amides is 1. The second-order valence-electron chi connectivity index (χ2n) is 27.8. The van der Waals surface area contributed by atoms with Gasteiger partial charge in [-0.15, -0.1) is 0 Å². The highest BCUT2D eigenvalue weighted by Gasteiger charge is 2.28. The Morgan fingerprint density at radius 3 is 0.733 bits per heavy atom. The average molecular weight is 1210 g/mol. The lowest BCUT2D eigenvalue weighted by Gasteiger charge is -2.27. The number of aliphatic hydroxyl groups excluding tert-OH is 4. The van der Waals surface area contributed by atoms with Crippen molar-refractivity contribution >= 4 is 5.91 Å². The molecule has 0 spiro atoms. The quantitative estimate of drug-likeness (QED) is 0.0308. The van der Waals surface area contributed by atoms with Crippen LogP contribution >= 0.6 is 0 Å². The molecule has 0 saturated heterocycles. The number of unbranched alkanes of at least 4 members (excludes halogenated alkanes) is 62. The van der Waals surface area contributed by atoms with Crippen molar-refractivity contribution in [3.8, 4) is 0 Å². The van der Waals surface area contributed by atoms with Gasteiger partial charge in [0.1, 0.15) is 12.2 Å². The minimum absolute atomic E-state index is 0.365. The number of carbonyl (C=O) groups excluding carboxylic acids is 1. The van der Waals surface area contributed by atoms with Crippen molar-refractivity contribution in [2.24, 2.45) is 0 Å². The number of aliphatic hydroxyl groups is 4. The maximum absolute atomic E-state index is 12.7. The van der Waals surface area contributed by atoms with Gasteiger partial charge >= 0.3 is 0 Å². The fourth-order valence-corrected chi connectivity index (χ4v) is 13.0. The van der Waals surface area contributed by atoms with Crippen LogP contribution in [0.25, 0.3) is 0 Å². The molecule has 4 atom stereocenters. The van der Waals surface area contributed by atoms with Crippen molar-refractivity contribution in [1.82, 2.24) is 5.32 Å². The highest BCUT2D eigenvalue weighted by molar-refractivity contribution is 5.80. The van der Waals surface area contributed by atoms with Gasteiger partial charge in [-0.3, -0.25) is 4.79 Å². The summed E-state index contributed by atoms with van der Waals surface area (Å²) in [6.07, 6.45) is 96.5. The molecule has 5 N–H and O–H groups in total. The number of hydrogen-bond acceptors (Lipinski definition) is 5. The predicted molar refractivity (Wildman–Crippen MR) is 381 cm³/mol. The van der Waals surface area contributed by atoms with Crippen LogP contribution in [0.1, 0.15) is 450 Å². The van der Waals surface area contributed by atoms with E-state index in [0.717, 1.165) is 38.5 Å². The normalized spacial score (nSPS) is 13.4. The van der Waals surface area contributed by atoms with Crippen LogP contribution in [-0.2, 0) is 4.79 Å². The molecular weight excluding hydrogens is 1050 g/mol. The van der Waals surface area contributed by atoms with Crippen LogP contribution in [0.3, 0.4) is 0 Å². The topological polar surface area (TPSA) is 110 Å². The number of hydrogen-bond donors (Lipinski definition) is 5. The standard InChI is InChI=1S/C80H157NO5/c1-3-5-7-9-11-13-15-17-19-21-23-25-27-29-31-33-35-37-38-39-40-41-42-44-46-48-50-52-54-56-58-60-62-64-66-68-70-72-74-78(84)80(86)81-76(75-82)79(85)77(83)73-71-69-67-65-63-61-59-57-55-53-51-49-47-45-43-36-34-32-30-28-26-24-22-20-18-16-14-12-10-8-6-4-2/h57,59,65,67,76-79,82-85H,3-56,58,60-64,66,68-75H2,1-2H3,(H,81,86)/b59-57+,67-65+.